The first-order chi connectivity index (χ1) is 17.4. The van der Waals surface area contributed by atoms with Crippen LogP contribution in [-0.2, 0) is 19.1 Å². The van der Waals surface area contributed by atoms with Gasteiger partial charge in [0.25, 0.3) is 0 Å². The van der Waals surface area contributed by atoms with Crippen LogP contribution in [0.1, 0.15) is 163 Å². The first-order valence-electron chi connectivity index (χ1n) is 15.4. The molecule has 0 rings (SSSR count). The molecule has 0 aromatic heterocycles. The lowest BCUT2D eigenvalue weighted by molar-refractivity contribution is -0.153. The van der Waals surface area contributed by atoms with Gasteiger partial charge in [-0.2, -0.15) is 0 Å². The van der Waals surface area contributed by atoms with Gasteiger partial charge in [0.15, 0.2) is 0 Å². The Morgan fingerprint density at radius 2 is 1.25 bits per heavy atom. The van der Waals surface area contributed by atoms with E-state index >= 15 is 0 Å². The number of rotatable bonds is 25. The summed E-state index contributed by atoms with van der Waals surface area (Å²) in [6, 6.07) is 0. The van der Waals surface area contributed by atoms with Gasteiger partial charge in [0.05, 0.1) is 6.61 Å². The van der Waals surface area contributed by atoms with Crippen LogP contribution >= 0.6 is 0 Å². The van der Waals surface area contributed by atoms with Gasteiger partial charge in [-0.25, -0.2) is 0 Å². The van der Waals surface area contributed by atoms with Gasteiger partial charge in [-0.1, -0.05) is 103 Å². The molecule has 0 spiro atoms. The van der Waals surface area contributed by atoms with Crippen LogP contribution in [0.4, 0.5) is 0 Å². The number of hydrogen-bond donors (Lipinski definition) is 0. The Kier molecular flexibility index (Phi) is 24.4. The molecule has 0 heterocycles. The number of carbonyl (C=O) groups is 2. The van der Waals surface area contributed by atoms with Crippen molar-refractivity contribution < 1.29 is 19.1 Å². The molecule has 0 aliphatic heterocycles. The van der Waals surface area contributed by atoms with E-state index in [1.54, 1.807) is 0 Å². The summed E-state index contributed by atoms with van der Waals surface area (Å²) in [7, 11) is 0. The first kappa shape index (κ1) is 34.7. The highest BCUT2D eigenvalue weighted by Crippen LogP contribution is 2.17. The zero-order chi connectivity index (χ0) is 26.9. The van der Waals surface area contributed by atoms with Crippen LogP contribution in [0.2, 0.25) is 0 Å². The minimum absolute atomic E-state index is 0.100. The maximum atomic E-state index is 12.4. The van der Waals surface area contributed by atoms with Gasteiger partial charge in [-0.05, 0) is 64.7 Å². The van der Waals surface area contributed by atoms with Crippen molar-refractivity contribution in [1.82, 2.24) is 0 Å². The largest absolute Gasteiger partial charge is 0.466 e. The van der Waals surface area contributed by atoms with E-state index in [2.05, 4.69) is 40.7 Å². The van der Waals surface area contributed by atoms with Crippen molar-refractivity contribution in [2.24, 2.45) is 5.92 Å². The normalized spacial score (nSPS) is 12.7. The molecular weight excluding hydrogens is 448 g/mol. The summed E-state index contributed by atoms with van der Waals surface area (Å²) in [6.07, 6.45) is 23.2. The van der Waals surface area contributed by atoms with Crippen molar-refractivity contribution in [3.63, 3.8) is 0 Å². The fourth-order valence-corrected chi connectivity index (χ4v) is 4.41. The summed E-state index contributed by atoms with van der Waals surface area (Å²) in [6.45, 7) is 11.4. The third-order valence-electron chi connectivity index (χ3n) is 6.92. The fourth-order valence-electron chi connectivity index (χ4n) is 4.41. The van der Waals surface area contributed by atoms with Crippen LogP contribution in [0.25, 0.3) is 0 Å². The van der Waals surface area contributed by atoms with E-state index in [0.29, 0.717) is 31.8 Å². The molecule has 0 bridgehead atoms. The Bertz CT molecular complexity index is 550. The highest BCUT2D eigenvalue weighted by Gasteiger charge is 2.17. The summed E-state index contributed by atoms with van der Waals surface area (Å²) in [5.74, 6) is 0.277. The van der Waals surface area contributed by atoms with Crippen molar-refractivity contribution in [2.45, 2.75) is 169 Å². The van der Waals surface area contributed by atoms with E-state index in [4.69, 9.17) is 9.47 Å². The van der Waals surface area contributed by atoms with Crippen LogP contribution in [0.15, 0.2) is 11.6 Å². The number of ether oxygens (including phenoxy) is 2. The lowest BCUT2D eigenvalue weighted by Gasteiger charge is -2.18. The predicted octanol–water partition coefficient (Wildman–Crippen LogP) is 9.89. The molecule has 0 saturated carbocycles. The minimum Gasteiger partial charge on any atom is -0.466 e. The average Bonchev–Trinajstić information content (AvgIpc) is 2.83. The van der Waals surface area contributed by atoms with E-state index in [0.717, 1.165) is 51.4 Å². The first-order valence-corrected chi connectivity index (χ1v) is 15.4. The molecule has 0 aromatic carbocycles. The third-order valence-corrected chi connectivity index (χ3v) is 6.92. The number of allylic oxidation sites excluding steroid dienone is 2. The van der Waals surface area contributed by atoms with E-state index < -0.39 is 0 Å². The zero-order valence-corrected chi connectivity index (χ0v) is 24.7. The Morgan fingerprint density at radius 3 is 1.86 bits per heavy atom. The summed E-state index contributed by atoms with van der Waals surface area (Å²) in [5.41, 5.74) is 1.35. The van der Waals surface area contributed by atoms with Crippen molar-refractivity contribution in [2.75, 3.05) is 6.61 Å². The molecule has 0 N–H and O–H groups in total. The van der Waals surface area contributed by atoms with E-state index in [1.165, 1.54) is 63.4 Å². The van der Waals surface area contributed by atoms with Crippen molar-refractivity contribution >= 4 is 11.9 Å². The molecule has 4 heteroatoms. The summed E-state index contributed by atoms with van der Waals surface area (Å²) >= 11 is 0. The fraction of sp³-hybridized carbons (Fsp3) is 0.875. The molecular formula is C32H60O4. The quantitative estimate of drug-likeness (QED) is 0.0699. The maximum Gasteiger partial charge on any atom is 0.306 e. The summed E-state index contributed by atoms with van der Waals surface area (Å²) < 4.78 is 11.3. The molecule has 0 saturated heterocycles. The number of carbonyl (C=O) groups excluding carboxylic acids is 2. The number of hydrogen-bond acceptors (Lipinski definition) is 4. The van der Waals surface area contributed by atoms with Crippen LogP contribution in [0.5, 0.6) is 0 Å². The Morgan fingerprint density at radius 1 is 0.667 bits per heavy atom. The standard InChI is InChI=1S/C32H60O4/c1-6-8-10-12-13-14-15-16-18-23-32(34)36-30(22-17-11-9-7-2)24-25-31(33)35-27-26-29(5)21-19-20-28(3)4/h20,29-30H,6-19,21-27H2,1-5H3. The highest BCUT2D eigenvalue weighted by atomic mass is 16.5. The lowest BCUT2D eigenvalue weighted by Crippen LogP contribution is -2.20. The van der Waals surface area contributed by atoms with Gasteiger partial charge in [0.1, 0.15) is 6.10 Å². The van der Waals surface area contributed by atoms with Crippen LogP contribution in [0, 0.1) is 5.92 Å². The second-order valence-corrected chi connectivity index (χ2v) is 11.1. The topological polar surface area (TPSA) is 52.6 Å². The molecule has 0 aliphatic carbocycles. The molecule has 2 atom stereocenters. The smallest absolute Gasteiger partial charge is 0.306 e. The van der Waals surface area contributed by atoms with Crippen LogP contribution < -0.4 is 0 Å². The summed E-state index contributed by atoms with van der Waals surface area (Å²) in [4.78, 5) is 24.7. The Hall–Kier alpha value is -1.32. The minimum atomic E-state index is -0.167. The summed E-state index contributed by atoms with van der Waals surface area (Å²) in [5, 5.41) is 0. The monoisotopic (exact) mass is 508 g/mol. The molecule has 212 valence electrons. The second kappa shape index (κ2) is 25.3. The number of unbranched alkanes of at least 4 members (excludes halogenated alkanes) is 11. The van der Waals surface area contributed by atoms with E-state index in [1.807, 2.05) is 0 Å². The molecule has 0 radical (unpaired) electrons. The SMILES string of the molecule is CCCCCCCCCCCC(=O)OC(CCCCCC)CCC(=O)OCCC(C)CCC=C(C)C. The van der Waals surface area contributed by atoms with Crippen LogP contribution in [0.3, 0.4) is 0 Å². The molecule has 0 fully saturated rings. The van der Waals surface area contributed by atoms with Crippen molar-refractivity contribution in [1.29, 1.82) is 0 Å². The Labute approximate surface area is 224 Å². The zero-order valence-electron chi connectivity index (χ0n) is 24.7. The molecule has 36 heavy (non-hydrogen) atoms. The predicted molar refractivity (Wildman–Crippen MR) is 153 cm³/mol. The average molecular weight is 509 g/mol. The van der Waals surface area contributed by atoms with Gasteiger partial charge in [-0.15, -0.1) is 0 Å². The van der Waals surface area contributed by atoms with Gasteiger partial charge in [-0.3, -0.25) is 9.59 Å². The Balaban J connectivity index is 4.17. The molecule has 4 nitrogen and oxygen atoms in total. The van der Waals surface area contributed by atoms with E-state index in [9.17, 15) is 9.59 Å². The lowest BCUT2D eigenvalue weighted by atomic mass is 10.0. The maximum absolute atomic E-state index is 12.4. The van der Waals surface area contributed by atoms with Crippen LogP contribution in [-0.4, -0.2) is 24.6 Å². The number of esters is 2. The van der Waals surface area contributed by atoms with Gasteiger partial charge in [0.2, 0.25) is 0 Å². The van der Waals surface area contributed by atoms with Gasteiger partial charge in [0, 0.05) is 12.8 Å². The molecule has 2 unspecified atom stereocenters. The third kappa shape index (κ3) is 24.4. The molecule has 0 aromatic rings. The van der Waals surface area contributed by atoms with Gasteiger partial charge < -0.3 is 9.47 Å². The van der Waals surface area contributed by atoms with Crippen molar-refractivity contribution in [3.8, 4) is 0 Å². The highest BCUT2D eigenvalue weighted by molar-refractivity contribution is 5.70. The van der Waals surface area contributed by atoms with E-state index in [-0.39, 0.29) is 18.0 Å². The second-order valence-electron chi connectivity index (χ2n) is 11.1. The van der Waals surface area contributed by atoms with Crippen molar-refractivity contribution in [3.05, 3.63) is 11.6 Å². The van der Waals surface area contributed by atoms with Gasteiger partial charge >= 0.3 is 11.9 Å². The molecule has 0 aliphatic rings. The molecule has 0 amide bonds.